The molecule has 6 nitrogen and oxygen atoms in total. The number of ether oxygens (including phenoxy) is 1. The number of nitrogens with one attached hydrogen (secondary N) is 1. The van der Waals surface area contributed by atoms with Crippen LogP contribution >= 0.6 is 0 Å². The van der Waals surface area contributed by atoms with Crippen molar-refractivity contribution in [3.63, 3.8) is 0 Å². The quantitative estimate of drug-likeness (QED) is 0.648. The van der Waals surface area contributed by atoms with Crippen LogP contribution in [0.15, 0.2) is 18.2 Å². The minimum Gasteiger partial charge on any atom is -0.410 e. The number of nitro groups is 1. The molecule has 0 bridgehead atoms. The summed E-state index contributed by atoms with van der Waals surface area (Å²) in [6.45, 7) is 7.15. The molecule has 0 aliphatic carbocycles. The lowest BCUT2D eigenvalue weighted by atomic mass is 10.1. The highest BCUT2D eigenvalue weighted by Gasteiger charge is 2.17. The van der Waals surface area contributed by atoms with Gasteiger partial charge in [0.15, 0.2) is 0 Å². The van der Waals surface area contributed by atoms with Crippen molar-refractivity contribution in [1.82, 2.24) is 5.32 Å². The summed E-state index contributed by atoms with van der Waals surface area (Å²) in [5.41, 5.74) is 0.120. The van der Waals surface area contributed by atoms with Gasteiger partial charge in [-0.25, -0.2) is 4.79 Å². The van der Waals surface area contributed by atoms with Crippen LogP contribution in [0.5, 0.6) is 5.75 Å². The fourth-order valence-electron chi connectivity index (χ4n) is 1.24. The average Bonchev–Trinajstić information content (AvgIpc) is 2.18. The number of nitrogens with zero attached hydrogens (tertiary/aromatic N) is 1. The molecule has 1 aromatic rings. The van der Waals surface area contributed by atoms with E-state index in [4.69, 9.17) is 4.74 Å². The van der Waals surface area contributed by atoms with Gasteiger partial charge in [-0.15, -0.1) is 0 Å². The van der Waals surface area contributed by atoms with Crippen LogP contribution in [-0.4, -0.2) is 16.6 Å². The minimum atomic E-state index is -0.633. The Kier molecular flexibility index (Phi) is 3.90. The largest absolute Gasteiger partial charge is 0.413 e. The number of carbonyl (C=O) groups is 1. The standard InChI is InChI=1S/C12H16N2O4/c1-8-5-6-9(14(16)17)7-10(8)18-11(15)13-12(2,3)4/h5-7H,1-4H3,(H,13,15). The number of hydrogen-bond acceptors (Lipinski definition) is 4. The highest BCUT2D eigenvalue weighted by atomic mass is 16.6. The van der Waals surface area contributed by atoms with Crippen molar-refractivity contribution >= 4 is 11.8 Å². The van der Waals surface area contributed by atoms with Gasteiger partial charge in [0.1, 0.15) is 5.75 Å². The van der Waals surface area contributed by atoms with Crippen LogP contribution in [0.3, 0.4) is 0 Å². The van der Waals surface area contributed by atoms with Crippen molar-refractivity contribution in [3.8, 4) is 5.75 Å². The van der Waals surface area contributed by atoms with E-state index in [0.29, 0.717) is 5.56 Å². The van der Waals surface area contributed by atoms with Crippen LogP contribution in [0.4, 0.5) is 10.5 Å². The second-order valence-corrected chi connectivity index (χ2v) is 4.97. The van der Waals surface area contributed by atoms with Crippen molar-refractivity contribution < 1.29 is 14.5 Å². The fourth-order valence-corrected chi connectivity index (χ4v) is 1.24. The van der Waals surface area contributed by atoms with Crippen molar-refractivity contribution in [1.29, 1.82) is 0 Å². The molecule has 1 N–H and O–H groups in total. The Morgan fingerprint density at radius 1 is 1.39 bits per heavy atom. The van der Waals surface area contributed by atoms with Crippen LogP contribution in [-0.2, 0) is 0 Å². The topological polar surface area (TPSA) is 81.5 Å². The maximum atomic E-state index is 11.6. The van der Waals surface area contributed by atoms with E-state index in [1.54, 1.807) is 6.92 Å². The molecule has 0 spiro atoms. The Bertz CT molecular complexity index is 477. The van der Waals surface area contributed by atoms with E-state index in [0.717, 1.165) is 0 Å². The zero-order valence-corrected chi connectivity index (χ0v) is 10.8. The summed E-state index contributed by atoms with van der Waals surface area (Å²) in [5, 5.41) is 13.2. The van der Waals surface area contributed by atoms with Gasteiger partial charge in [0.05, 0.1) is 11.0 Å². The molecule has 1 aromatic carbocycles. The predicted molar refractivity (Wildman–Crippen MR) is 66.7 cm³/mol. The van der Waals surface area contributed by atoms with Gasteiger partial charge in [-0.05, 0) is 39.3 Å². The molecule has 0 saturated carbocycles. The summed E-state index contributed by atoms with van der Waals surface area (Å²) < 4.78 is 5.06. The molecule has 0 unspecified atom stereocenters. The first-order valence-corrected chi connectivity index (χ1v) is 5.44. The molecule has 98 valence electrons. The van der Waals surface area contributed by atoms with E-state index < -0.39 is 16.6 Å². The average molecular weight is 252 g/mol. The zero-order valence-electron chi connectivity index (χ0n) is 10.8. The Balaban J connectivity index is 2.87. The van der Waals surface area contributed by atoms with Crippen LogP contribution in [0.25, 0.3) is 0 Å². The highest BCUT2D eigenvalue weighted by Crippen LogP contribution is 2.24. The lowest BCUT2D eigenvalue weighted by molar-refractivity contribution is -0.384. The number of carbonyl (C=O) groups excluding carboxylic acids is 1. The summed E-state index contributed by atoms with van der Waals surface area (Å²) in [7, 11) is 0. The third kappa shape index (κ3) is 4.04. The van der Waals surface area contributed by atoms with Gasteiger partial charge in [-0.1, -0.05) is 0 Å². The van der Waals surface area contributed by atoms with Gasteiger partial charge >= 0.3 is 6.09 Å². The van der Waals surface area contributed by atoms with Crippen LogP contribution in [0, 0.1) is 17.0 Å². The first-order valence-electron chi connectivity index (χ1n) is 5.44. The highest BCUT2D eigenvalue weighted by molar-refractivity contribution is 5.72. The van der Waals surface area contributed by atoms with Gasteiger partial charge in [-0.2, -0.15) is 0 Å². The van der Waals surface area contributed by atoms with Crippen molar-refractivity contribution in [2.24, 2.45) is 0 Å². The Morgan fingerprint density at radius 2 is 2.00 bits per heavy atom. The lowest BCUT2D eigenvalue weighted by Gasteiger charge is -2.20. The third-order valence-electron chi connectivity index (χ3n) is 2.06. The van der Waals surface area contributed by atoms with E-state index in [1.807, 2.05) is 20.8 Å². The van der Waals surface area contributed by atoms with Gasteiger partial charge < -0.3 is 10.1 Å². The summed E-state index contributed by atoms with van der Waals surface area (Å²) in [6, 6.07) is 4.14. The predicted octanol–water partition coefficient (Wildman–Crippen LogP) is 2.79. The molecular formula is C12H16N2O4. The van der Waals surface area contributed by atoms with E-state index in [-0.39, 0.29) is 11.4 Å². The van der Waals surface area contributed by atoms with E-state index in [2.05, 4.69) is 5.32 Å². The molecule has 0 aliphatic heterocycles. The fraction of sp³-hybridized carbons (Fsp3) is 0.417. The van der Waals surface area contributed by atoms with Gasteiger partial charge in [0.2, 0.25) is 0 Å². The molecule has 0 saturated heterocycles. The smallest absolute Gasteiger partial charge is 0.410 e. The Morgan fingerprint density at radius 3 is 2.50 bits per heavy atom. The van der Waals surface area contributed by atoms with Gasteiger partial charge in [-0.3, -0.25) is 10.1 Å². The molecule has 1 rings (SSSR count). The van der Waals surface area contributed by atoms with Gasteiger partial charge in [0, 0.05) is 11.6 Å². The molecule has 0 heterocycles. The summed E-state index contributed by atoms with van der Waals surface area (Å²) >= 11 is 0. The third-order valence-corrected chi connectivity index (χ3v) is 2.06. The molecule has 0 fully saturated rings. The number of nitro benzene ring substituents is 1. The summed E-state index contributed by atoms with van der Waals surface area (Å²) in [6.07, 6.45) is -0.633. The zero-order chi connectivity index (χ0) is 13.9. The first kappa shape index (κ1) is 14.0. The normalized spacial score (nSPS) is 10.9. The van der Waals surface area contributed by atoms with Crippen LogP contribution in [0.1, 0.15) is 26.3 Å². The monoisotopic (exact) mass is 252 g/mol. The number of hydrogen-bond donors (Lipinski definition) is 1. The van der Waals surface area contributed by atoms with E-state index in [9.17, 15) is 14.9 Å². The molecule has 0 aliphatic rings. The summed E-state index contributed by atoms with van der Waals surface area (Å²) in [5.74, 6) is 0.186. The molecule has 0 radical (unpaired) electrons. The van der Waals surface area contributed by atoms with Crippen molar-refractivity contribution in [2.75, 3.05) is 0 Å². The molecule has 0 atom stereocenters. The van der Waals surface area contributed by atoms with Crippen molar-refractivity contribution in [3.05, 3.63) is 33.9 Å². The number of rotatable bonds is 2. The minimum absolute atomic E-state index is 0.112. The first-order chi connectivity index (χ1) is 8.19. The number of benzene rings is 1. The Hall–Kier alpha value is -2.11. The Labute approximate surface area is 105 Å². The van der Waals surface area contributed by atoms with E-state index in [1.165, 1.54) is 18.2 Å². The molecule has 6 heteroatoms. The SMILES string of the molecule is Cc1ccc([N+](=O)[O-])cc1OC(=O)NC(C)(C)C. The van der Waals surface area contributed by atoms with Crippen LogP contribution < -0.4 is 10.1 Å². The van der Waals surface area contributed by atoms with Crippen molar-refractivity contribution in [2.45, 2.75) is 33.2 Å². The summed E-state index contributed by atoms with van der Waals surface area (Å²) in [4.78, 5) is 21.7. The number of aryl methyl sites for hydroxylation is 1. The maximum Gasteiger partial charge on any atom is 0.413 e. The van der Waals surface area contributed by atoms with Gasteiger partial charge in [0.25, 0.3) is 5.69 Å². The number of amides is 1. The number of non-ortho nitro benzene ring substituents is 1. The molecule has 1 amide bonds. The molecule has 0 aromatic heterocycles. The van der Waals surface area contributed by atoms with E-state index >= 15 is 0 Å². The maximum absolute atomic E-state index is 11.6. The molecule has 18 heavy (non-hydrogen) atoms. The second-order valence-electron chi connectivity index (χ2n) is 4.97. The lowest BCUT2D eigenvalue weighted by Crippen LogP contribution is -2.42. The van der Waals surface area contributed by atoms with Crippen LogP contribution in [0.2, 0.25) is 0 Å². The molecular weight excluding hydrogens is 236 g/mol. The second kappa shape index (κ2) is 5.03.